The number of nitrogens with two attached hydrogens (primary N) is 1. The molecule has 1 aromatic heterocycles. The lowest BCUT2D eigenvalue weighted by Gasteiger charge is -2.37. The molecule has 1 aromatic carbocycles. The molecule has 1 saturated heterocycles. The minimum Gasteiger partial charge on any atom is -0.406 e. The molecule has 12 heteroatoms. The molecule has 1 fully saturated rings. The Bertz CT molecular complexity index is 996. The van der Waals surface area contributed by atoms with Crippen LogP contribution in [0.3, 0.4) is 0 Å². The normalized spacial score (nSPS) is 17.9. The molecule has 1 amide bonds. The molecular weight excluding hydrogens is 458 g/mol. The molecule has 3 N–H and O–H groups in total. The van der Waals surface area contributed by atoms with Crippen LogP contribution in [0, 0.1) is 11.2 Å². The lowest BCUT2D eigenvalue weighted by Crippen LogP contribution is -2.41. The van der Waals surface area contributed by atoms with E-state index in [0.717, 1.165) is 0 Å². The molecule has 2 unspecified atom stereocenters. The van der Waals surface area contributed by atoms with Crippen molar-refractivity contribution < 1.29 is 31.8 Å². The molecular formula is C22H27F4N5O3. The van der Waals surface area contributed by atoms with Crippen molar-refractivity contribution in [2.75, 3.05) is 30.0 Å². The van der Waals surface area contributed by atoms with Gasteiger partial charge in [-0.2, -0.15) is 4.39 Å². The molecule has 2 atom stereocenters. The van der Waals surface area contributed by atoms with Gasteiger partial charge in [-0.15, -0.1) is 13.2 Å². The summed E-state index contributed by atoms with van der Waals surface area (Å²) in [6, 6.07) is 3.91. The Hall–Kier alpha value is -3.15. The summed E-state index contributed by atoms with van der Waals surface area (Å²) in [6.45, 7) is 6.52. The van der Waals surface area contributed by atoms with Gasteiger partial charge in [0.1, 0.15) is 18.1 Å². The van der Waals surface area contributed by atoms with Gasteiger partial charge in [-0.05, 0) is 29.5 Å². The highest BCUT2D eigenvalue weighted by atomic mass is 19.4. The van der Waals surface area contributed by atoms with Crippen LogP contribution in [0.15, 0.2) is 30.6 Å². The molecule has 2 heterocycles. The fourth-order valence-corrected chi connectivity index (χ4v) is 3.69. The van der Waals surface area contributed by atoms with Gasteiger partial charge in [0.2, 0.25) is 11.7 Å². The Morgan fingerprint density at radius 3 is 2.53 bits per heavy atom. The highest BCUT2D eigenvalue weighted by Crippen LogP contribution is 2.34. The van der Waals surface area contributed by atoms with Crippen LogP contribution >= 0.6 is 0 Å². The molecule has 0 spiro atoms. The van der Waals surface area contributed by atoms with Crippen LogP contribution in [0.4, 0.5) is 29.2 Å². The van der Waals surface area contributed by atoms with E-state index in [4.69, 9.17) is 10.5 Å². The minimum absolute atomic E-state index is 0.0274. The highest BCUT2D eigenvalue weighted by molar-refractivity contribution is 5.82. The van der Waals surface area contributed by atoms with Gasteiger partial charge in [0.15, 0.2) is 11.6 Å². The second-order valence-electron chi connectivity index (χ2n) is 9.12. The van der Waals surface area contributed by atoms with E-state index in [9.17, 15) is 18.0 Å². The lowest BCUT2D eigenvalue weighted by molar-refractivity contribution is -0.274. The number of halogens is 4. The standard InChI is InChI=1S/C22H27F4N5O3/c1-21(2,3)10-15(18(27)32)30-19-17(23)20(29-12-28-19)31-8-9-33-11-16(31)13-4-6-14(7-5-13)34-22(24,25)26/h4-7,12,15-16H,8-11H2,1-3H3,(H2,27,32)(H,28,29,30). The molecule has 2 aromatic rings. The summed E-state index contributed by atoms with van der Waals surface area (Å²) in [5, 5.41) is 2.78. The summed E-state index contributed by atoms with van der Waals surface area (Å²) < 4.78 is 62.3. The van der Waals surface area contributed by atoms with Gasteiger partial charge in [0.05, 0.1) is 19.3 Å². The summed E-state index contributed by atoms with van der Waals surface area (Å²) in [7, 11) is 0. The van der Waals surface area contributed by atoms with Crippen LogP contribution in [0.5, 0.6) is 5.75 Å². The first-order chi connectivity index (χ1) is 15.8. The van der Waals surface area contributed by atoms with E-state index in [1.54, 1.807) is 4.90 Å². The number of hydrogen-bond donors (Lipinski definition) is 2. The lowest BCUT2D eigenvalue weighted by atomic mass is 9.88. The van der Waals surface area contributed by atoms with Crippen molar-refractivity contribution in [3.63, 3.8) is 0 Å². The van der Waals surface area contributed by atoms with Crippen molar-refractivity contribution in [2.45, 2.75) is 45.6 Å². The van der Waals surface area contributed by atoms with Gasteiger partial charge in [-0.3, -0.25) is 4.79 Å². The molecule has 1 aliphatic heterocycles. The van der Waals surface area contributed by atoms with Gasteiger partial charge in [-0.1, -0.05) is 32.9 Å². The third kappa shape index (κ3) is 6.69. The smallest absolute Gasteiger partial charge is 0.406 e. The van der Waals surface area contributed by atoms with Crippen LogP contribution in [0.1, 0.15) is 38.8 Å². The van der Waals surface area contributed by atoms with E-state index in [2.05, 4.69) is 20.0 Å². The van der Waals surface area contributed by atoms with Gasteiger partial charge in [-0.25, -0.2) is 9.97 Å². The zero-order valence-corrected chi connectivity index (χ0v) is 19.0. The van der Waals surface area contributed by atoms with E-state index in [-0.39, 0.29) is 36.0 Å². The van der Waals surface area contributed by atoms with Crippen molar-refractivity contribution in [3.8, 4) is 5.75 Å². The number of carbonyl (C=O) groups excluding carboxylic acids is 1. The Morgan fingerprint density at radius 1 is 1.26 bits per heavy atom. The van der Waals surface area contributed by atoms with Crippen molar-refractivity contribution >= 4 is 17.5 Å². The molecule has 1 aliphatic rings. The number of amides is 1. The molecule has 0 bridgehead atoms. The number of ether oxygens (including phenoxy) is 2. The molecule has 8 nitrogen and oxygen atoms in total. The number of anilines is 2. The summed E-state index contributed by atoms with van der Waals surface area (Å²) in [6.07, 6.45) is -3.28. The van der Waals surface area contributed by atoms with Gasteiger partial charge in [0.25, 0.3) is 0 Å². The first-order valence-corrected chi connectivity index (χ1v) is 10.6. The topological polar surface area (TPSA) is 103 Å². The van der Waals surface area contributed by atoms with E-state index < -0.39 is 30.2 Å². The third-order valence-electron chi connectivity index (χ3n) is 5.14. The van der Waals surface area contributed by atoms with Crippen molar-refractivity contribution in [1.29, 1.82) is 0 Å². The average Bonchev–Trinajstić information content (AvgIpc) is 2.73. The number of alkyl halides is 3. The van der Waals surface area contributed by atoms with Crippen molar-refractivity contribution in [2.24, 2.45) is 11.1 Å². The van der Waals surface area contributed by atoms with Crippen LogP contribution < -0.4 is 20.7 Å². The van der Waals surface area contributed by atoms with Gasteiger partial charge in [0, 0.05) is 6.54 Å². The molecule has 0 saturated carbocycles. The minimum atomic E-state index is -4.80. The maximum Gasteiger partial charge on any atom is 0.573 e. The Morgan fingerprint density at radius 2 is 1.94 bits per heavy atom. The number of aromatic nitrogens is 2. The second-order valence-corrected chi connectivity index (χ2v) is 9.12. The number of rotatable bonds is 7. The number of nitrogens with zero attached hydrogens (tertiary/aromatic N) is 3. The summed E-state index contributed by atoms with van der Waals surface area (Å²) in [5.41, 5.74) is 5.83. The van der Waals surface area contributed by atoms with E-state index in [1.165, 1.54) is 30.6 Å². The molecule has 3 rings (SSSR count). The van der Waals surface area contributed by atoms with Crippen molar-refractivity contribution in [1.82, 2.24) is 9.97 Å². The van der Waals surface area contributed by atoms with Crippen LogP contribution in [-0.2, 0) is 9.53 Å². The fourth-order valence-electron chi connectivity index (χ4n) is 3.69. The number of nitrogens with one attached hydrogen (secondary N) is 1. The van der Waals surface area contributed by atoms with Crippen LogP contribution in [-0.4, -0.2) is 48.0 Å². The molecule has 34 heavy (non-hydrogen) atoms. The first-order valence-electron chi connectivity index (χ1n) is 10.6. The summed E-state index contributed by atoms with van der Waals surface area (Å²) in [5.74, 6) is -1.97. The molecule has 186 valence electrons. The average molecular weight is 485 g/mol. The number of benzene rings is 1. The van der Waals surface area contributed by atoms with Gasteiger partial charge >= 0.3 is 6.36 Å². The maximum absolute atomic E-state index is 15.5. The monoisotopic (exact) mass is 485 g/mol. The zero-order valence-electron chi connectivity index (χ0n) is 19.0. The largest absolute Gasteiger partial charge is 0.573 e. The second kappa shape index (κ2) is 10.00. The van der Waals surface area contributed by atoms with Crippen molar-refractivity contribution in [3.05, 3.63) is 42.0 Å². The van der Waals surface area contributed by atoms with E-state index >= 15 is 4.39 Å². The molecule has 0 radical (unpaired) electrons. The quantitative estimate of drug-likeness (QED) is 0.575. The number of primary amides is 1. The molecule has 0 aliphatic carbocycles. The number of morpholine rings is 1. The number of carbonyl (C=O) groups is 1. The Balaban J connectivity index is 1.87. The predicted octanol–water partition coefficient (Wildman–Crippen LogP) is 3.79. The highest BCUT2D eigenvalue weighted by Gasteiger charge is 2.33. The Kier molecular flexibility index (Phi) is 7.49. The number of hydrogen-bond acceptors (Lipinski definition) is 7. The zero-order chi connectivity index (χ0) is 25.1. The van der Waals surface area contributed by atoms with Crippen LogP contribution in [0.25, 0.3) is 0 Å². The SMILES string of the molecule is CC(C)(C)CC(Nc1ncnc(N2CCOCC2c2ccc(OC(F)(F)F)cc2)c1F)C(N)=O. The summed E-state index contributed by atoms with van der Waals surface area (Å²) >= 11 is 0. The van der Waals surface area contributed by atoms with Crippen LogP contribution in [0.2, 0.25) is 0 Å². The first kappa shape index (κ1) is 25.5. The third-order valence-corrected chi connectivity index (χ3v) is 5.14. The van der Waals surface area contributed by atoms with E-state index in [1.807, 2.05) is 20.8 Å². The predicted molar refractivity (Wildman–Crippen MR) is 117 cm³/mol. The van der Waals surface area contributed by atoms with Gasteiger partial charge < -0.3 is 25.4 Å². The summed E-state index contributed by atoms with van der Waals surface area (Å²) in [4.78, 5) is 21.6. The fraction of sp³-hybridized carbons (Fsp3) is 0.500. The Labute approximate surface area is 194 Å². The van der Waals surface area contributed by atoms with E-state index in [0.29, 0.717) is 18.6 Å². The maximum atomic E-state index is 15.5.